The van der Waals surface area contributed by atoms with Crippen LogP contribution in [0.1, 0.15) is 19.0 Å². The molecule has 1 aromatic heterocycles. The first-order valence-electron chi connectivity index (χ1n) is 5.56. The highest BCUT2D eigenvalue weighted by atomic mass is 35.5. The van der Waals surface area contributed by atoms with Crippen LogP contribution < -0.4 is 0 Å². The normalized spacial score (nSPS) is 24.6. The molecule has 90 valence electrons. The molecule has 0 N–H and O–H groups in total. The van der Waals surface area contributed by atoms with E-state index in [0.717, 1.165) is 29.7 Å². The predicted molar refractivity (Wildman–Crippen MR) is 66.9 cm³/mol. The summed E-state index contributed by atoms with van der Waals surface area (Å²) in [6.45, 7) is 6.47. The van der Waals surface area contributed by atoms with Gasteiger partial charge in [-0.1, -0.05) is 16.1 Å². The number of aromatic nitrogens is 2. The van der Waals surface area contributed by atoms with Gasteiger partial charge in [0, 0.05) is 37.2 Å². The van der Waals surface area contributed by atoms with Crippen LogP contribution >= 0.6 is 23.1 Å². The van der Waals surface area contributed by atoms with Crippen molar-refractivity contribution in [3.63, 3.8) is 0 Å². The predicted octanol–water partition coefficient (Wildman–Crippen LogP) is 1.72. The molecule has 1 unspecified atom stereocenters. The number of hydrogen-bond acceptors (Lipinski definition) is 5. The number of rotatable bonds is 2. The van der Waals surface area contributed by atoms with Crippen molar-refractivity contribution >= 4 is 23.1 Å². The molecule has 0 radical (unpaired) electrons. The first kappa shape index (κ1) is 12.2. The fourth-order valence-corrected chi connectivity index (χ4v) is 2.75. The van der Waals surface area contributed by atoms with Crippen LogP contribution in [0, 0.1) is 0 Å². The van der Waals surface area contributed by atoms with Gasteiger partial charge >= 0.3 is 0 Å². The van der Waals surface area contributed by atoms with Crippen LogP contribution in [0.25, 0.3) is 0 Å². The highest BCUT2D eigenvalue weighted by Gasteiger charge is 2.21. The Labute approximate surface area is 105 Å². The van der Waals surface area contributed by atoms with Gasteiger partial charge < -0.3 is 4.90 Å². The maximum absolute atomic E-state index is 6.03. The summed E-state index contributed by atoms with van der Waals surface area (Å²) in [5.74, 6) is 0. The number of nitrogens with zero attached hydrogens (tertiary/aromatic N) is 4. The zero-order valence-corrected chi connectivity index (χ0v) is 11.3. The average Bonchev–Trinajstić information content (AvgIpc) is 2.55. The number of halogens is 1. The van der Waals surface area contributed by atoms with Gasteiger partial charge in [0.05, 0.1) is 0 Å². The first-order chi connectivity index (χ1) is 7.66. The highest BCUT2D eigenvalue weighted by molar-refractivity contribution is 7.10. The minimum Gasteiger partial charge on any atom is -0.305 e. The summed E-state index contributed by atoms with van der Waals surface area (Å²) >= 11 is 7.30. The molecule has 2 heterocycles. The van der Waals surface area contributed by atoms with Crippen molar-refractivity contribution in [3.8, 4) is 0 Å². The minimum absolute atomic E-state index is 0.547. The first-order valence-corrected chi connectivity index (χ1v) is 6.71. The van der Waals surface area contributed by atoms with Gasteiger partial charge in [-0.15, -0.1) is 5.10 Å². The Morgan fingerprint density at radius 1 is 1.50 bits per heavy atom. The Bertz CT molecular complexity index is 343. The summed E-state index contributed by atoms with van der Waals surface area (Å²) in [4.78, 5) is 4.82. The summed E-state index contributed by atoms with van der Waals surface area (Å²) in [6, 6.07) is 0.547. The van der Waals surface area contributed by atoms with E-state index in [-0.39, 0.29) is 0 Å². The summed E-state index contributed by atoms with van der Waals surface area (Å²) in [7, 11) is 2.18. The molecule has 0 spiro atoms. The minimum atomic E-state index is 0.547. The molecule has 16 heavy (non-hydrogen) atoms. The van der Waals surface area contributed by atoms with Gasteiger partial charge in [-0.3, -0.25) is 4.90 Å². The van der Waals surface area contributed by atoms with E-state index in [1.807, 2.05) is 0 Å². The SMILES string of the molecule is CC1CN(C)CCCN1Cc1nnsc1Cl. The topological polar surface area (TPSA) is 32.3 Å². The lowest BCUT2D eigenvalue weighted by Gasteiger charge is -2.26. The van der Waals surface area contributed by atoms with E-state index in [2.05, 4.69) is 33.4 Å². The van der Waals surface area contributed by atoms with Crippen molar-refractivity contribution in [3.05, 3.63) is 10.0 Å². The largest absolute Gasteiger partial charge is 0.305 e. The Morgan fingerprint density at radius 2 is 2.31 bits per heavy atom. The molecule has 1 aromatic rings. The fourth-order valence-electron chi connectivity index (χ4n) is 2.14. The van der Waals surface area contributed by atoms with E-state index >= 15 is 0 Å². The standard InChI is InChI=1S/C10H17ClN4S/c1-8-6-14(2)4-3-5-15(8)7-9-10(11)16-13-12-9/h8H,3-7H2,1-2H3. The van der Waals surface area contributed by atoms with Gasteiger partial charge in [0.2, 0.25) is 0 Å². The van der Waals surface area contributed by atoms with Gasteiger partial charge in [0.1, 0.15) is 10.0 Å². The smallest absolute Gasteiger partial charge is 0.138 e. The molecular weight excluding hydrogens is 244 g/mol. The lowest BCUT2D eigenvalue weighted by Crippen LogP contribution is -2.37. The summed E-state index contributed by atoms with van der Waals surface area (Å²) in [5.41, 5.74) is 0.920. The summed E-state index contributed by atoms with van der Waals surface area (Å²) in [6.07, 6.45) is 1.20. The van der Waals surface area contributed by atoms with Crippen molar-refractivity contribution in [1.29, 1.82) is 0 Å². The molecule has 0 amide bonds. The third-order valence-electron chi connectivity index (χ3n) is 3.05. The van der Waals surface area contributed by atoms with Gasteiger partial charge in [-0.25, -0.2) is 0 Å². The zero-order valence-electron chi connectivity index (χ0n) is 9.69. The molecule has 0 aliphatic carbocycles. The van der Waals surface area contributed by atoms with Gasteiger partial charge in [0.25, 0.3) is 0 Å². The van der Waals surface area contributed by atoms with Gasteiger partial charge in [-0.2, -0.15) is 0 Å². The molecular formula is C10H17ClN4S. The Balaban J connectivity index is 2.01. The zero-order chi connectivity index (χ0) is 11.5. The third kappa shape index (κ3) is 2.91. The van der Waals surface area contributed by atoms with Crippen LogP contribution in [0.5, 0.6) is 0 Å². The molecule has 0 saturated carbocycles. The summed E-state index contributed by atoms with van der Waals surface area (Å²) < 4.78 is 4.60. The van der Waals surface area contributed by atoms with Crippen molar-refractivity contribution in [2.75, 3.05) is 26.7 Å². The lowest BCUT2D eigenvalue weighted by atomic mass is 10.2. The molecule has 1 atom stereocenters. The van der Waals surface area contributed by atoms with E-state index < -0.39 is 0 Å². The van der Waals surface area contributed by atoms with Crippen LogP contribution in [-0.4, -0.2) is 52.1 Å². The second-order valence-corrected chi connectivity index (χ2v) is 5.78. The molecule has 6 heteroatoms. The van der Waals surface area contributed by atoms with Crippen LogP contribution in [0.3, 0.4) is 0 Å². The lowest BCUT2D eigenvalue weighted by molar-refractivity contribution is 0.192. The maximum atomic E-state index is 6.03. The van der Waals surface area contributed by atoms with E-state index in [1.54, 1.807) is 0 Å². The van der Waals surface area contributed by atoms with Crippen LogP contribution in [0.2, 0.25) is 4.34 Å². The molecule has 2 rings (SSSR count). The highest BCUT2D eigenvalue weighted by Crippen LogP contribution is 2.20. The maximum Gasteiger partial charge on any atom is 0.138 e. The van der Waals surface area contributed by atoms with E-state index in [1.165, 1.54) is 24.5 Å². The Kier molecular flexibility index (Phi) is 4.13. The van der Waals surface area contributed by atoms with E-state index in [9.17, 15) is 0 Å². The van der Waals surface area contributed by atoms with Crippen molar-refractivity contribution in [1.82, 2.24) is 19.4 Å². The Morgan fingerprint density at radius 3 is 3.00 bits per heavy atom. The molecule has 1 saturated heterocycles. The van der Waals surface area contributed by atoms with Crippen LogP contribution in [0.15, 0.2) is 0 Å². The van der Waals surface area contributed by atoms with Crippen molar-refractivity contribution < 1.29 is 0 Å². The van der Waals surface area contributed by atoms with Crippen molar-refractivity contribution in [2.45, 2.75) is 25.9 Å². The third-order valence-corrected chi connectivity index (χ3v) is 4.03. The fraction of sp³-hybridized carbons (Fsp3) is 0.800. The van der Waals surface area contributed by atoms with Crippen molar-refractivity contribution in [2.24, 2.45) is 0 Å². The second-order valence-electron chi connectivity index (χ2n) is 4.43. The van der Waals surface area contributed by atoms with Gasteiger partial charge in [-0.05, 0) is 26.9 Å². The second kappa shape index (κ2) is 5.40. The quantitative estimate of drug-likeness (QED) is 0.811. The average molecular weight is 261 g/mol. The molecule has 1 fully saturated rings. The van der Waals surface area contributed by atoms with E-state index in [0.29, 0.717) is 6.04 Å². The number of likely N-dealkylation sites (N-methyl/N-ethyl adjacent to an activating group) is 1. The molecule has 0 aromatic carbocycles. The van der Waals surface area contributed by atoms with Crippen LogP contribution in [-0.2, 0) is 6.54 Å². The summed E-state index contributed by atoms with van der Waals surface area (Å²) in [5, 5.41) is 4.08. The molecule has 4 nitrogen and oxygen atoms in total. The van der Waals surface area contributed by atoms with Crippen LogP contribution in [0.4, 0.5) is 0 Å². The molecule has 1 aliphatic heterocycles. The number of hydrogen-bond donors (Lipinski definition) is 0. The monoisotopic (exact) mass is 260 g/mol. The van der Waals surface area contributed by atoms with Gasteiger partial charge in [0.15, 0.2) is 0 Å². The Hall–Kier alpha value is -0.230. The molecule has 1 aliphatic rings. The van der Waals surface area contributed by atoms with E-state index in [4.69, 9.17) is 11.6 Å². The molecule has 0 bridgehead atoms.